The van der Waals surface area contributed by atoms with Gasteiger partial charge in [-0.1, -0.05) is 28.1 Å². The number of nitrogens with zero attached hydrogens (tertiary/aromatic N) is 2. The van der Waals surface area contributed by atoms with Crippen molar-refractivity contribution in [2.24, 2.45) is 4.99 Å². The minimum absolute atomic E-state index is 0.161. The van der Waals surface area contributed by atoms with Crippen molar-refractivity contribution in [3.63, 3.8) is 0 Å². The minimum Gasteiger partial charge on any atom is -0.337 e. The lowest BCUT2D eigenvalue weighted by atomic mass is 10.2. The zero-order valence-electron chi connectivity index (χ0n) is 9.57. The van der Waals surface area contributed by atoms with Crippen LogP contribution in [0.15, 0.2) is 46.0 Å². The van der Waals surface area contributed by atoms with Crippen molar-refractivity contribution in [3.05, 3.63) is 46.8 Å². The van der Waals surface area contributed by atoms with Crippen LogP contribution in [0.2, 0.25) is 0 Å². The summed E-state index contributed by atoms with van der Waals surface area (Å²) in [6.45, 7) is 0. The highest BCUT2D eigenvalue weighted by atomic mass is 79.9. The maximum Gasteiger partial charge on any atom is 0.304 e. The summed E-state index contributed by atoms with van der Waals surface area (Å²) in [6, 6.07) is 7.61. The number of aromatic amines is 1. The molecule has 0 aliphatic carbocycles. The molecule has 0 bridgehead atoms. The number of H-pyrrole nitrogens is 1. The van der Waals surface area contributed by atoms with Crippen molar-refractivity contribution in [2.45, 2.75) is 5.92 Å². The first-order valence-electron chi connectivity index (χ1n) is 5.51. The first kappa shape index (κ1) is 12.2. The predicted octanol–water partition coefficient (Wildman–Crippen LogP) is 3.90. The number of hydrogen-bond donors (Lipinski definition) is 1. The SMILES string of the molecule is FC1(F)C=NC(c2ncc(-c3ccc(Br)cc3)[nH]2)=C1. The number of allylic oxidation sites excluding steroid dienone is 1. The molecule has 0 radical (unpaired) electrons. The molecule has 0 amide bonds. The Morgan fingerprint density at radius 2 is 1.89 bits per heavy atom. The van der Waals surface area contributed by atoms with E-state index in [0.29, 0.717) is 12.0 Å². The number of aromatic nitrogens is 2. The quantitative estimate of drug-likeness (QED) is 0.894. The molecule has 0 saturated carbocycles. The summed E-state index contributed by atoms with van der Waals surface area (Å²) in [4.78, 5) is 10.7. The Kier molecular flexibility index (Phi) is 2.82. The Bertz CT molecular complexity index is 671. The molecule has 1 aliphatic rings. The molecule has 0 atom stereocenters. The van der Waals surface area contributed by atoms with E-state index >= 15 is 0 Å². The molecule has 0 saturated heterocycles. The molecule has 0 spiro atoms. The van der Waals surface area contributed by atoms with E-state index in [-0.39, 0.29) is 5.70 Å². The predicted molar refractivity (Wildman–Crippen MR) is 73.1 cm³/mol. The lowest BCUT2D eigenvalue weighted by Gasteiger charge is -1.98. The van der Waals surface area contributed by atoms with Gasteiger partial charge in [0, 0.05) is 10.5 Å². The second kappa shape index (κ2) is 4.38. The van der Waals surface area contributed by atoms with Gasteiger partial charge < -0.3 is 4.98 Å². The molecular formula is C13H8BrF2N3. The van der Waals surface area contributed by atoms with Crippen molar-refractivity contribution >= 4 is 27.8 Å². The number of hydrogen-bond acceptors (Lipinski definition) is 2. The van der Waals surface area contributed by atoms with Crippen LogP contribution in [-0.4, -0.2) is 22.1 Å². The molecule has 0 unspecified atom stereocenters. The van der Waals surface area contributed by atoms with Crippen LogP contribution in [0.4, 0.5) is 8.78 Å². The van der Waals surface area contributed by atoms with Crippen molar-refractivity contribution in [1.82, 2.24) is 9.97 Å². The van der Waals surface area contributed by atoms with Gasteiger partial charge in [0.05, 0.1) is 18.1 Å². The first-order valence-corrected chi connectivity index (χ1v) is 6.30. The highest BCUT2D eigenvalue weighted by Crippen LogP contribution is 2.28. The van der Waals surface area contributed by atoms with Crippen LogP contribution in [-0.2, 0) is 0 Å². The molecule has 2 aromatic rings. The average molecular weight is 324 g/mol. The third-order valence-corrected chi connectivity index (χ3v) is 3.21. The average Bonchev–Trinajstić information content (AvgIpc) is 2.96. The number of benzene rings is 1. The lowest BCUT2D eigenvalue weighted by molar-refractivity contribution is 0.143. The van der Waals surface area contributed by atoms with E-state index < -0.39 is 5.92 Å². The molecule has 1 aliphatic heterocycles. The van der Waals surface area contributed by atoms with Crippen molar-refractivity contribution in [3.8, 4) is 11.3 Å². The van der Waals surface area contributed by atoms with Crippen LogP contribution < -0.4 is 0 Å². The fraction of sp³-hybridized carbons (Fsp3) is 0.0769. The molecule has 0 fully saturated rings. The number of halogens is 3. The molecule has 6 heteroatoms. The van der Waals surface area contributed by atoms with Gasteiger partial charge in [0.2, 0.25) is 0 Å². The Morgan fingerprint density at radius 3 is 2.53 bits per heavy atom. The monoisotopic (exact) mass is 323 g/mol. The van der Waals surface area contributed by atoms with Crippen LogP contribution >= 0.6 is 15.9 Å². The van der Waals surface area contributed by atoms with Gasteiger partial charge in [0.15, 0.2) is 5.82 Å². The van der Waals surface area contributed by atoms with Gasteiger partial charge in [-0.05, 0) is 17.7 Å². The van der Waals surface area contributed by atoms with Crippen molar-refractivity contribution in [1.29, 1.82) is 0 Å². The number of aliphatic imine (C=N–C) groups is 1. The molecule has 1 N–H and O–H groups in total. The fourth-order valence-corrected chi connectivity index (χ4v) is 2.03. The van der Waals surface area contributed by atoms with E-state index in [1.165, 1.54) is 0 Å². The largest absolute Gasteiger partial charge is 0.337 e. The smallest absolute Gasteiger partial charge is 0.304 e. The number of rotatable bonds is 2. The van der Waals surface area contributed by atoms with Gasteiger partial charge in [-0.3, -0.25) is 4.99 Å². The molecule has 96 valence electrons. The maximum absolute atomic E-state index is 13.0. The molecule has 19 heavy (non-hydrogen) atoms. The van der Waals surface area contributed by atoms with Crippen LogP contribution in [0, 0.1) is 0 Å². The third-order valence-electron chi connectivity index (χ3n) is 2.68. The van der Waals surface area contributed by atoms with E-state index in [2.05, 4.69) is 30.9 Å². The molecule has 2 heterocycles. The van der Waals surface area contributed by atoms with E-state index in [0.717, 1.165) is 21.8 Å². The Labute approximate surface area is 116 Å². The summed E-state index contributed by atoms with van der Waals surface area (Å²) in [6.07, 6.45) is 3.01. The van der Waals surface area contributed by atoms with Crippen LogP contribution in [0.1, 0.15) is 5.82 Å². The molecule has 3 rings (SSSR count). The second-order valence-electron chi connectivity index (χ2n) is 4.11. The lowest BCUT2D eigenvalue weighted by Crippen LogP contribution is -2.09. The standard InChI is InChI=1S/C13H8BrF2N3/c14-9-3-1-8(2-4-9)11-6-17-12(19-11)10-5-13(15,16)7-18-10/h1-7H,(H,17,19). The van der Waals surface area contributed by atoms with E-state index in [4.69, 9.17) is 0 Å². The highest BCUT2D eigenvalue weighted by molar-refractivity contribution is 9.10. The third kappa shape index (κ3) is 2.49. The van der Waals surface area contributed by atoms with E-state index in [9.17, 15) is 8.78 Å². The molecule has 1 aromatic carbocycles. The van der Waals surface area contributed by atoms with Gasteiger partial charge in [-0.15, -0.1) is 0 Å². The van der Waals surface area contributed by atoms with Gasteiger partial charge in [0.1, 0.15) is 5.70 Å². The summed E-state index contributed by atoms with van der Waals surface area (Å²) in [5.74, 6) is -2.65. The Morgan fingerprint density at radius 1 is 1.16 bits per heavy atom. The summed E-state index contributed by atoms with van der Waals surface area (Å²) in [5, 5.41) is 0. The number of alkyl halides is 2. The Hall–Kier alpha value is -1.82. The minimum atomic E-state index is -2.99. The van der Waals surface area contributed by atoms with Gasteiger partial charge in [-0.25, -0.2) is 4.98 Å². The van der Waals surface area contributed by atoms with Gasteiger partial charge in [0.25, 0.3) is 0 Å². The second-order valence-corrected chi connectivity index (χ2v) is 5.03. The summed E-state index contributed by atoms with van der Waals surface area (Å²) < 4.78 is 26.9. The van der Waals surface area contributed by atoms with Gasteiger partial charge >= 0.3 is 5.92 Å². The summed E-state index contributed by atoms with van der Waals surface area (Å²) in [5.41, 5.74) is 1.85. The maximum atomic E-state index is 13.0. The summed E-state index contributed by atoms with van der Waals surface area (Å²) >= 11 is 3.35. The normalized spacial score (nSPS) is 16.7. The van der Waals surface area contributed by atoms with Crippen molar-refractivity contribution < 1.29 is 8.78 Å². The topological polar surface area (TPSA) is 41.0 Å². The van der Waals surface area contributed by atoms with Crippen molar-refractivity contribution in [2.75, 3.05) is 0 Å². The molecule has 3 nitrogen and oxygen atoms in total. The number of nitrogens with one attached hydrogen (secondary N) is 1. The Balaban J connectivity index is 1.93. The van der Waals surface area contributed by atoms with Crippen LogP contribution in [0.3, 0.4) is 0 Å². The highest BCUT2D eigenvalue weighted by Gasteiger charge is 2.29. The number of imidazole rings is 1. The summed E-state index contributed by atoms with van der Waals surface area (Å²) in [7, 11) is 0. The molecule has 1 aromatic heterocycles. The van der Waals surface area contributed by atoms with Gasteiger partial charge in [-0.2, -0.15) is 8.78 Å². The molecular weight excluding hydrogens is 316 g/mol. The first-order chi connectivity index (χ1) is 9.03. The zero-order chi connectivity index (χ0) is 13.5. The van der Waals surface area contributed by atoms with Crippen LogP contribution in [0.25, 0.3) is 17.0 Å². The zero-order valence-corrected chi connectivity index (χ0v) is 11.2. The van der Waals surface area contributed by atoms with E-state index in [1.807, 2.05) is 24.3 Å². The fourth-order valence-electron chi connectivity index (χ4n) is 1.77. The van der Waals surface area contributed by atoms with Crippen LogP contribution in [0.5, 0.6) is 0 Å². The van der Waals surface area contributed by atoms with E-state index in [1.54, 1.807) is 6.20 Å².